The van der Waals surface area contributed by atoms with Gasteiger partial charge in [-0.3, -0.25) is 0 Å². The second-order valence-corrected chi connectivity index (χ2v) is 9.53. The minimum Gasteiger partial charge on any atom is -0.308 e. The summed E-state index contributed by atoms with van der Waals surface area (Å²) in [5.74, 6) is 0.252. The van der Waals surface area contributed by atoms with Crippen molar-refractivity contribution in [3.63, 3.8) is 0 Å². The van der Waals surface area contributed by atoms with Gasteiger partial charge in [0.25, 0.3) is 0 Å². The first-order valence-electron chi connectivity index (χ1n) is 12.5. The number of carbonyl (C=O) groups is 1. The molecular formula is C30H23F4N5O. The van der Waals surface area contributed by atoms with E-state index in [0.717, 1.165) is 29.2 Å². The maximum Gasteiger partial charge on any atom is 0.416 e. The zero-order chi connectivity index (χ0) is 28.0. The number of amides is 2. The van der Waals surface area contributed by atoms with Crippen LogP contribution in [-0.2, 0) is 12.7 Å². The van der Waals surface area contributed by atoms with Gasteiger partial charge in [-0.25, -0.2) is 13.9 Å². The lowest BCUT2D eigenvalue weighted by molar-refractivity contribution is -0.137. The Morgan fingerprint density at radius 3 is 2.48 bits per heavy atom. The molecule has 10 heteroatoms. The SMILES string of the molecule is Cc1nn(-c2ccccc2)c2c1CN(C(=O)Nc1cccc(C(F)(F)F)c1)C(c1cccc(F)c1)c1cccn1-2. The van der Waals surface area contributed by atoms with Gasteiger partial charge in [0.05, 0.1) is 35.2 Å². The molecule has 2 aromatic heterocycles. The highest BCUT2D eigenvalue weighted by molar-refractivity contribution is 5.90. The van der Waals surface area contributed by atoms with Crippen molar-refractivity contribution in [3.8, 4) is 11.5 Å². The summed E-state index contributed by atoms with van der Waals surface area (Å²) in [4.78, 5) is 15.4. The number of para-hydroxylation sites is 1. The van der Waals surface area contributed by atoms with Crippen LogP contribution in [0.2, 0.25) is 0 Å². The molecule has 0 bridgehead atoms. The number of hydrogen-bond acceptors (Lipinski definition) is 2. The molecule has 0 radical (unpaired) electrons. The van der Waals surface area contributed by atoms with Gasteiger partial charge in [0.2, 0.25) is 0 Å². The van der Waals surface area contributed by atoms with Crippen LogP contribution < -0.4 is 5.32 Å². The first kappa shape index (κ1) is 25.4. The Hall–Kier alpha value is -4.86. The number of benzene rings is 3. The molecule has 1 atom stereocenters. The summed E-state index contributed by atoms with van der Waals surface area (Å²) in [7, 11) is 0. The van der Waals surface area contributed by atoms with Crippen molar-refractivity contribution in [2.75, 3.05) is 5.32 Å². The van der Waals surface area contributed by atoms with Gasteiger partial charge >= 0.3 is 12.2 Å². The Morgan fingerprint density at radius 1 is 0.950 bits per heavy atom. The molecule has 3 heterocycles. The van der Waals surface area contributed by atoms with Gasteiger partial charge < -0.3 is 14.8 Å². The van der Waals surface area contributed by atoms with E-state index in [2.05, 4.69) is 5.32 Å². The molecule has 1 N–H and O–H groups in total. The van der Waals surface area contributed by atoms with E-state index in [1.165, 1.54) is 29.2 Å². The molecule has 202 valence electrons. The molecule has 1 unspecified atom stereocenters. The summed E-state index contributed by atoms with van der Waals surface area (Å²) < 4.78 is 58.2. The molecule has 0 aliphatic carbocycles. The number of anilines is 1. The number of rotatable bonds is 3. The molecule has 3 aromatic carbocycles. The summed E-state index contributed by atoms with van der Waals surface area (Å²) in [5, 5.41) is 7.40. The molecule has 6 nitrogen and oxygen atoms in total. The molecule has 0 spiro atoms. The van der Waals surface area contributed by atoms with Gasteiger partial charge in [-0.1, -0.05) is 36.4 Å². The molecule has 5 aromatic rings. The van der Waals surface area contributed by atoms with E-state index in [1.807, 2.05) is 60.2 Å². The predicted octanol–water partition coefficient (Wildman–Crippen LogP) is 7.27. The van der Waals surface area contributed by atoms with Crippen molar-refractivity contribution >= 4 is 11.7 Å². The summed E-state index contributed by atoms with van der Waals surface area (Å²) >= 11 is 0. The van der Waals surface area contributed by atoms with Crippen molar-refractivity contribution in [3.05, 3.63) is 131 Å². The van der Waals surface area contributed by atoms with Gasteiger partial charge in [-0.2, -0.15) is 18.3 Å². The maximum absolute atomic E-state index is 14.5. The minimum atomic E-state index is -4.56. The largest absolute Gasteiger partial charge is 0.416 e. The summed E-state index contributed by atoms with van der Waals surface area (Å²) in [5.41, 5.74) is 2.54. The Labute approximate surface area is 227 Å². The third-order valence-electron chi connectivity index (χ3n) is 6.95. The molecular weight excluding hydrogens is 522 g/mol. The van der Waals surface area contributed by atoms with E-state index in [-0.39, 0.29) is 12.2 Å². The number of hydrogen-bond donors (Lipinski definition) is 1. The van der Waals surface area contributed by atoms with E-state index in [0.29, 0.717) is 17.0 Å². The normalized spacial score (nSPS) is 14.8. The topological polar surface area (TPSA) is 55.1 Å². The highest BCUT2D eigenvalue weighted by Gasteiger charge is 2.36. The standard InChI is InChI=1S/C30H23F4N5O/c1-19-25-18-38(29(40)35-23-11-6-9-21(17-23)30(32,33)34)27(20-8-5-10-22(31)16-20)26-14-7-15-37(26)28(25)39(36-19)24-12-3-2-4-13-24/h2-17,27H,18H2,1H3,(H,35,40). The van der Waals surface area contributed by atoms with Crippen LogP contribution in [0, 0.1) is 12.7 Å². The Kier molecular flexibility index (Phi) is 6.17. The number of carbonyl (C=O) groups excluding carboxylic acids is 1. The number of alkyl halides is 3. The first-order chi connectivity index (χ1) is 19.2. The van der Waals surface area contributed by atoms with E-state index < -0.39 is 29.6 Å². The van der Waals surface area contributed by atoms with E-state index in [9.17, 15) is 22.4 Å². The number of urea groups is 1. The minimum absolute atomic E-state index is 0.00521. The Bertz CT molecular complexity index is 1710. The molecule has 2 amide bonds. The third-order valence-corrected chi connectivity index (χ3v) is 6.95. The van der Waals surface area contributed by atoms with Crippen LogP contribution in [0.3, 0.4) is 0 Å². The number of aryl methyl sites for hydroxylation is 1. The van der Waals surface area contributed by atoms with Crippen LogP contribution >= 0.6 is 0 Å². The molecule has 0 fully saturated rings. The van der Waals surface area contributed by atoms with Gasteiger partial charge in [0.15, 0.2) is 0 Å². The number of halogens is 4. The zero-order valence-electron chi connectivity index (χ0n) is 21.2. The number of nitrogens with one attached hydrogen (secondary N) is 1. The van der Waals surface area contributed by atoms with Gasteiger partial charge in [0.1, 0.15) is 11.6 Å². The summed E-state index contributed by atoms with van der Waals surface area (Å²) in [6.07, 6.45) is -2.71. The van der Waals surface area contributed by atoms with Crippen LogP contribution in [-0.4, -0.2) is 25.3 Å². The Morgan fingerprint density at radius 2 is 1.73 bits per heavy atom. The van der Waals surface area contributed by atoms with Crippen LogP contribution in [0.25, 0.3) is 11.5 Å². The van der Waals surface area contributed by atoms with E-state index in [1.54, 1.807) is 16.8 Å². The lowest BCUT2D eigenvalue weighted by Gasteiger charge is -2.31. The van der Waals surface area contributed by atoms with Crippen LogP contribution in [0.4, 0.5) is 28.0 Å². The summed E-state index contributed by atoms with van der Waals surface area (Å²) in [6.45, 7) is 1.91. The second-order valence-electron chi connectivity index (χ2n) is 9.53. The third kappa shape index (κ3) is 4.51. The second kappa shape index (κ2) is 9.71. The number of nitrogens with zero attached hydrogens (tertiary/aromatic N) is 4. The van der Waals surface area contributed by atoms with Crippen LogP contribution in [0.5, 0.6) is 0 Å². The average molecular weight is 546 g/mol. The van der Waals surface area contributed by atoms with Crippen molar-refractivity contribution in [2.45, 2.75) is 25.7 Å². The predicted molar refractivity (Wildman–Crippen MR) is 142 cm³/mol. The highest BCUT2D eigenvalue weighted by atomic mass is 19.4. The molecule has 1 aliphatic rings. The number of fused-ring (bicyclic) bond motifs is 3. The first-order valence-corrected chi connectivity index (χ1v) is 12.5. The van der Waals surface area contributed by atoms with Gasteiger partial charge in [-0.15, -0.1) is 0 Å². The fourth-order valence-corrected chi connectivity index (χ4v) is 5.15. The van der Waals surface area contributed by atoms with Crippen molar-refractivity contribution in [1.29, 1.82) is 0 Å². The molecule has 0 saturated heterocycles. The molecule has 40 heavy (non-hydrogen) atoms. The molecule has 6 rings (SSSR count). The fourth-order valence-electron chi connectivity index (χ4n) is 5.15. The monoisotopic (exact) mass is 545 g/mol. The van der Waals surface area contributed by atoms with Crippen molar-refractivity contribution in [1.82, 2.24) is 19.2 Å². The Balaban J connectivity index is 1.51. The maximum atomic E-state index is 14.5. The zero-order valence-corrected chi connectivity index (χ0v) is 21.2. The quantitative estimate of drug-likeness (QED) is 0.243. The van der Waals surface area contributed by atoms with Crippen molar-refractivity contribution < 1.29 is 22.4 Å². The lowest BCUT2D eigenvalue weighted by Crippen LogP contribution is -2.38. The fraction of sp³-hybridized carbons (Fsp3) is 0.133. The smallest absolute Gasteiger partial charge is 0.308 e. The van der Waals surface area contributed by atoms with E-state index >= 15 is 0 Å². The average Bonchev–Trinajstić information content (AvgIpc) is 3.49. The summed E-state index contributed by atoms with van der Waals surface area (Å²) in [6, 6.07) is 22.3. The van der Waals surface area contributed by atoms with Gasteiger partial charge in [0, 0.05) is 17.4 Å². The van der Waals surface area contributed by atoms with Crippen LogP contribution in [0.1, 0.15) is 34.1 Å². The highest BCUT2D eigenvalue weighted by Crippen LogP contribution is 2.39. The van der Waals surface area contributed by atoms with E-state index in [4.69, 9.17) is 5.10 Å². The van der Waals surface area contributed by atoms with Crippen LogP contribution in [0.15, 0.2) is 97.2 Å². The van der Waals surface area contributed by atoms with Gasteiger partial charge in [-0.05, 0) is 67.1 Å². The molecule has 0 saturated carbocycles. The van der Waals surface area contributed by atoms with Crippen molar-refractivity contribution in [2.24, 2.45) is 0 Å². The molecule has 1 aliphatic heterocycles. The number of aromatic nitrogens is 3. The lowest BCUT2D eigenvalue weighted by atomic mass is 10.0.